The summed E-state index contributed by atoms with van der Waals surface area (Å²) in [7, 11) is -3.61. The molecule has 0 radical (unpaired) electrons. The average molecular weight is 516 g/mol. The first-order valence-corrected chi connectivity index (χ1v) is 15.4. The van der Waals surface area contributed by atoms with Crippen LogP contribution in [0.5, 0.6) is 5.75 Å². The van der Waals surface area contributed by atoms with E-state index in [1.54, 1.807) is 28.2 Å². The number of hydrogen-bond donors (Lipinski definition) is 0. The number of ether oxygens (including phenoxy) is 1. The summed E-state index contributed by atoms with van der Waals surface area (Å²) in [6, 6.07) is 13.8. The van der Waals surface area contributed by atoms with Gasteiger partial charge in [0.1, 0.15) is 5.75 Å². The number of hydrogen-bond acceptors (Lipinski definition) is 6. The highest BCUT2D eigenvalue weighted by Gasteiger charge is 2.30. The fraction of sp³-hybridized carbons (Fsp3) is 0.556. The normalized spacial score (nSPS) is 20.2. The predicted octanol–water partition coefficient (Wildman–Crippen LogP) is 4.63. The van der Waals surface area contributed by atoms with E-state index in [1.807, 2.05) is 37.3 Å². The van der Waals surface area contributed by atoms with Gasteiger partial charge in [0.05, 0.1) is 17.2 Å². The van der Waals surface area contributed by atoms with Gasteiger partial charge >= 0.3 is 0 Å². The van der Waals surface area contributed by atoms with Crippen molar-refractivity contribution in [2.24, 2.45) is 0 Å². The zero-order chi connectivity index (χ0) is 24.3. The first-order chi connectivity index (χ1) is 17.0. The van der Waals surface area contributed by atoms with Gasteiger partial charge in [0.15, 0.2) is 0 Å². The lowest BCUT2D eigenvalue weighted by atomic mass is 10.2. The second-order valence-corrected chi connectivity index (χ2v) is 12.9. The number of rotatable bonds is 8. The first kappa shape index (κ1) is 24.9. The Morgan fingerprint density at radius 3 is 2.46 bits per heavy atom. The van der Waals surface area contributed by atoms with Crippen molar-refractivity contribution < 1.29 is 13.2 Å². The van der Waals surface area contributed by atoms with Gasteiger partial charge in [-0.15, -0.1) is 11.8 Å². The second-order valence-electron chi connectivity index (χ2n) is 9.89. The fourth-order valence-corrected chi connectivity index (χ4v) is 8.07. The van der Waals surface area contributed by atoms with Crippen LogP contribution in [0.2, 0.25) is 0 Å². The summed E-state index contributed by atoms with van der Waals surface area (Å²) in [5, 5.41) is 0. The third kappa shape index (κ3) is 5.82. The third-order valence-electron chi connectivity index (χ3n) is 7.50. The van der Waals surface area contributed by atoms with Gasteiger partial charge in [0.2, 0.25) is 0 Å². The van der Waals surface area contributed by atoms with Crippen molar-refractivity contribution in [2.45, 2.75) is 54.9 Å². The van der Waals surface area contributed by atoms with Crippen molar-refractivity contribution in [3.63, 3.8) is 0 Å². The smallest absolute Gasteiger partial charge is 0.264 e. The van der Waals surface area contributed by atoms with Crippen LogP contribution in [0.25, 0.3) is 0 Å². The largest absolute Gasteiger partial charge is 0.493 e. The van der Waals surface area contributed by atoms with Crippen LogP contribution in [-0.4, -0.2) is 75.9 Å². The van der Waals surface area contributed by atoms with Crippen LogP contribution in [-0.2, 0) is 10.0 Å². The number of piperazine rings is 1. The van der Waals surface area contributed by atoms with Gasteiger partial charge in [0, 0.05) is 62.0 Å². The molecule has 0 amide bonds. The molecule has 3 aliphatic rings. The molecule has 5 rings (SSSR count). The molecule has 1 aliphatic carbocycles. The lowest BCUT2D eigenvalue weighted by molar-refractivity contribution is 0.0941. The molecule has 2 heterocycles. The third-order valence-corrected chi connectivity index (χ3v) is 10.4. The quantitative estimate of drug-likeness (QED) is 0.478. The monoisotopic (exact) mass is 515 g/mol. The summed E-state index contributed by atoms with van der Waals surface area (Å²) in [4.78, 5) is 6.56. The van der Waals surface area contributed by atoms with Gasteiger partial charge in [-0.3, -0.25) is 9.21 Å². The number of sulfonamides is 1. The van der Waals surface area contributed by atoms with Gasteiger partial charge in [-0.1, -0.05) is 30.5 Å². The van der Waals surface area contributed by atoms with E-state index in [0.29, 0.717) is 18.0 Å². The average Bonchev–Trinajstić information content (AvgIpc) is 3.42. The highest BCUT2D eigenvalue weighted by atomic mass is 32.2. The van der Waals surface area contributed by atoms with Crippen LogP contribution < -0.4 is 9.04 Å². The number of aryl methyl sites for hydroxylation is 1. The molecule has 190 valence electrons. The van der Waals surface area contributed by atoms with Gasteiger partial charge < -0.3 is 9.64 Å². The zero-order valence-electron chi connectivity index (χ0n) is 20.7. The van der Waals surface area contributed by atoms with E-state index < -0.39 is 10.0 Å². The van der Waals surface area contributed by atoms with Crippen molar-refractivity contribution in [3.8, 4) is 5.75 Å². The Morgan fingerprint density at radius 1 is 0.971 bits per heavy atom. The van der Waals surface area contributed by atoms with Crippen LogP contribution >= 0.6 is 11.8 Å². The second kappa shape index (κ2) is 11.1. The molecule has 1 saturated carbocycles. The minimum absolute atomic E-state index is 0.334. The fourth-order valence-electron chi connectivity index (χ4n) is 5.45. The maximum absolute atomic E-state index is 13.4. The van der Waals surface area contributed by atoms with Crippen molar-refractivity contribution in [1.82, 2.24) is 9.80 Å². The highest BCUT2D eigenvalue weighted by molar-refractivity contribution is 8.00. The van der Waals surface area contributed by atoms with E-state index in [4.69, 9.17) is 4.74 Å². The summed E-state index contributed by atoms with van der Waals surface area (Å²) in [5.41, 5.74) is 1.77. The number of benzene rings is 2. The van der Waals surface area contributed by atoms with Crippen LogP contribution in [0, 0.1) is 6.92 Å². The number of thioether (sulfide) groups is 1. The van der Waals surface area contributed by atoms with Gasteiger partial charge in [0.25, 0.3) is 10.0 Å². The molecule has 6 nitrogen and oxygen atoms in total. The predicted molar refractivity (Wildman–Crippen MR) is 143 cm³/mol. The van der Waals surface area contributed by atoms with E-state index in [-0.39, 0.29) is 0 Å². The molecule has 2 aromatic carbocycles. The Balaban J connectivity index is 1.15. The van der Waals surface area contributed by atoms with E-state index >= 15 is 0 Å². The SMILES string of the molecule is Cc1ccc(S(=O)(=O)N2CCSc3ccc(OCCCN4CCN(C5CCCC5)CC4)cc32)cc1. The van der Waals surface area contributed by atoms with E-state index in [0.717, 1.165) is 59.7 Å². The van der Waals surface area contributed by atoms with E-state index in [1.165, 1.54) is 38.8 Å². The molecule has 0 unspecified atom stereocenters. The van der Waals surface area contributed by atoms with E-state index in [2.05, 4.69) is 9.80 Å². The summed E-state index contributed by atoms with van der Waals surface area (Å²) < 4.78 is 34.4. The number of anilines is 1. The molecule has 35 heavy (non-hydrogen) atoms. The van der Waals surface area contributed by atoms with Gasteiger partial charge in [-0.05, 0) is 50.5 Å². The van der Waals surface area contributed by atoms with Crippen molar-refractivity contribution >= 4 is 27.5 Å². The molecule has 0 atom stereocenters. The number of nitrogens with zero attached hydrogens (tertiary/aromatic N) is 3. The Bertz CT molecular complexity index is 1090. The molecule has 2 fully saturated rings. The van der Waals surface area contributed by atoms with Gasteiger partial charge in [-0.25, -0.2) is 8.42 Å². The minimum Gasteiger partial charge on any atom is -0.493 e. The van der Waals surface area contributed by atoms with Crippen molar-refractivity contribution in [2.75, 3.05) is 55.9 Å². The maximum Gasteiger partial charge on any atom is 0.264 e. The van der Waals surface area contributed by atoms with Crippen molar-refractivity contribution in [3.05, 3.63) is 48.0 Å². The molecule has 0 aromatic heterocycles. The summed E-state index contributed by atoms with van der Waals surface area (Å²) in [5.74, 6) is 1.48. The van der Waals surface area contributed by atoms with Crippen molar-refractivity contribution in [1.29, 1.82) is 0 Å². The molecule has 0 bridgehead atoms. The number of fused-ring (bicyclic) bond motifs is 1. The summed E-state index contributed by atoms with van der Waals surface area (Å²) in [6.07, 6.45) is 6.55. The van der Waals surface area contributed by atoms with Gasteiger partial charge in [-0.2, -0.15) is 0 Å². The topological polar surface area (TPSA) is 53.1 Å². The Labute approximate surface area is 214 Å². The van der Waals surface area contributed by atoms with Crippen LogP contribution in [0.4, 0.5) is 5.69 Å². The first-order valence-electron chi connectivity index (χ1n) is 13.0. The van der Waals surface area contributed by atoms with E-state index in [9.17, 15) is 8.42 Å². The summed E-state index contributed by atoms with van der Waals surface area (Å²) >= 11 is 1.70. The molecule has 0 N–H and O–H groups in total. The van der Waals surface area contributed by atoms with Crippen LogP contribution in [0.3, 0.4) is 0 Å². The molecule has 8 heteroatoms. The lowest BCUT2D eigenvalue weighted by Crippen LogP contribution is -2.49. The Morgan fingerprint density at radius 2 is 1.71 bits per heavy atom. The Hall–Kier alpha value is -1.74. The van der Waals surface area contributed by atoms with Crippen LogP contribution in [0.15, 0.2) is 52.3 Å². The molecular formula is C27H37N3O3S2. The molecule has 1 saturated heterocycles. The molecular weight excluding hydrogens is 478 g/mol. The maximum atomic E-state index is 13.4. The highest BCUT2D eigenvalue weighted by Crippen LogP contribution is 2.40. The lowest BCUT2D eigenvalue weighted by Gasteiger charge is -2.38. The zero-order valence-corrected chi connectivity index (χ0v) is 22.3. The Kier molecular flexibility index (Phi) is 7.92. The molecule has 0 spiro atoms. The standard InChI is InChI=1S/C27H37N3O3S2/c1-22-7-10-25(11-8-22)35(31,32)30-18-20-34-27-12-9-24(21-26(27)30)33-19-4-13-28-14-16-29(17-15-28)23-5-2-3-6-23/h7-12,21,23H,2-6,13-20H2,1H3. The summed E-state index contributed by atoms with van der Waals surface area (Å²) in [6.45, 7) is 8.80. The minimum atomic E-state index is -3.61. The molecule has 2 aromatic rings. The van der Waals surface area contributed by atoms with Crippen LogP contribution in [0.1, 0.15) is 37.7 Å². The molecule has 2 aliphatic heterocycles.